The third-order valence-corrected chi connectivity index (χ3v) is 35.6. The molecule has 26 N–H and O–H groups in total. The normalized spacial score (nSPS) is 49.0. The fourth-order valence-electron chi connectivity index (χ4n) is 25.8. The van der Waals surface area contributed by atoms with Crippen LogP contribution in [0.3, 0.4) is 0 Å². The molecule has 9 aliphatic heterocycles. The van der Waals surface area contributed by atoms with Crippen LogP contribution in [0.4, 0.5) is 0 Å². The summed E-state index contributed by atoms with van der Waals surface area (Å²) in [5.41, 5.74) is -5.75. The summed E-state index contributed by atoms with van der Waals surface area (Å²) in [6, 6.07) is 0. The highest BCUT2D eigenvalue weighted by Gasteiger charge is 2.74. The van der Waals surface area contributed by atoms with Crippen LogP contribution in [0.25, 0.3) is 0 Å². The average molecular weight is 2170 g/mol. The van der Waals surface area contributed by atoms with Crippen molar-refractivity contribution in [3.8, 4) is 0 Å². The lowest BCUT2D eigenvalue weighted by molar-refractivity contribution is -0.391. The van der Waals surface area contributed by atoms with E-state index in [2.05, 4.69) is 19.9 Å². The van der Waals surface area contributed by atoms with Gasteiger partial charge in [-0.3, -0.25) is 14.4 Å². The quantitative estimate of drug-likeness (QED) is 0.00897. The molecule has 51 heteroatoms. The van der Waals surface area contributed by atoms with E-state index in [4.69, 9.17) is 94.7 Å². The molecule has 14 aliphatic rings. The zero-order valence-electron chi connectivity index (χ0n) is 86.1. The van der Waals surface area contributed by atoms with Gasteiger partial charge in [0.15, 0.2) is 56.2 Å². The van der Waals surface area contributed by atoms with Crippen LogP contribution in [-0.4, -0.2) is 498 Å². The molecule has 0 aromatic heterocycles. The third kappa shape index (κ3) is 23.9. The first-order valence-corrected chi connectivity index (χ1v) is 52.3. The highest BCUT2D eigenvalue weighted by Crippen LogP contribution is 2.76. The number of aliphatic carboxylic acids is 1. The van der Waals surface area contributed by atoms with Gasteiger partial charge in [0.05, 0.1) is 107 Å². The number of fused-ring (bicyclic) bond motifs is 7. The Bertz CT molecular complexity index is 4450. The summed E-state index contributed by atoms with van der Waals surface area (Å²) in [4.78, 5) is 72.7. The Balaban J connectivity index is 0.737. The van der Waals surface area contributed by atoms with Gasteiger partial charge in [-0.25, -0.2) is 4.79 Å². The maximum absolute atomic E-state index is 16.6. The molecule has 5 aliphatic carbocycles. The molecule has 57 atom stereocenters. The number of aliphatic hydroxyl groups excluding tert-OH is 25. The average Bonchev–Trinajstić information content (AvgIpc) is 0.843. The molecule has 0 bridgehead atoms. The summed E-state index contributed by atoms with van der Waals surface area (Å²) >= 11 is 0. The number of rotatable bonds is 38. The first-order valence-electron chi connectivity index (χ1n) is 52.3. The molecule has 14 rings (SSSR count). The van der Waals surface area contributed by atoms with Gasteiger partial charge in [0.2, 0.25) is 6.29 Å². The van der Waals surface area contributed by atoms with Gasteiger partial charge in [0, 0.05) is 12.8 Å². The summed E-state index contributed by atoms with van der Waals surface area (Å²) in [6.07, 6.45) is -80.7. The number of allylic oxidation sites excluding steroid dienone is 2. The minimum Gasteiger partial charge on any atom is -0.479 e. The second kappa shape index (κ2) is 49.0. The fourth-order valence-corrected chi connectivity index (χ4v) is 25.8. The second-order valence-corrected chi connectivity index (χ2v) is 45.6. The summed E-state index contributed by atoms with van der Waals surface area (Å²) in [7, 11) is 0. The van der Waals surface area contributed by atoms with Gasteiger partial charge in [0.1, 0.15) is 195 Å². The predicted octanol–water partition coefficient (Wildman–Crippen LogP) is -7.82. The number of carbonyl (C=O) groups is 5. The molecule has 0 unspecified atom stereocenters. The van der Waals surface area contributed by atoms with Crippen molar-refractivity contribution < 1.29 is 251 Å². The minimum absolute atomic E-state index is 0.0158. The summed E-state index contributed by atoms with van der Waals surface area (Å²) in [5.74, 6) is -7.46. The first kappa shape index (κ1) is 121. The molecule has 51 nitrogen and oxygen atoms in total. The van der Waals surface area contributed by atoms with Gasteiger partial charge >= 0.3 is 23.9 Å². The predicted molar refractivity (Wildman–Crippen MR) is 495 cm³/mol. The van der Waals surface area contributed by atoms with Gasteiger partial charge < -0.3 is 232 Å². The van der Waals surface area contributed by atoms with Gasteiger partial charge in [0.25, 0.3) is 0 Å². The van der Waals surface area contributed by atoms with Crippen molar-refractivity contribution in [2.75, 3.05) is 46.2 Å². The van der Waals surface area contributed by atoms with E-state index in [1.54, 1.807) is 27.7 Å². The smallest absolute Gasteiger partial charge is 0.335 e. The lowest BCUT2D eigenvalue weighted by Crippen LogP contribution is -2.69. The van der Waals surface area contributed by atoms with E-state index in [-0.39, 0.29) is 63.2 Å². The Kier molecular flexibility index (Phi) is 39.6. The summed E-state index contributed by atoms with van der Waals surface area (Å²) in [6.45, 7) is 16.5. The molecule has 0 amide bonds. The van der Waals surface area contributed by atoms with Crippen LogP contribution < -0.4 is 0 Å². The summed E-state index contributed by atoms with van der Waals surface area (Å²) in [5, 5.41) is 290. The number of aliphatic hydroxyl groups is 25. The van der Waals surface area contributed by atoms with E-state index in [1.165, 1.54) is 13.8 Å². The van der Waals surface area contributed by atoms with Gasteiger partial charge in [-0.15, -0.1) is 0 Å². The maximum Gasteiger partial charge on any atom is 0.335 e. The zero-order chi connectivity index (χ0) is 110. The first-order chi connectivity index (χ1) is 70.6. The number of carboxylic acid groups (broad SMARTS) is 1. The molecule has 9 saturated heterocycles. The number of ether oxygens (including phenoxy) is 20. The van der Waals surface area contributed by atoms with Gasteiger partial charge in [-0.05, 0) is 123 Å². The van der Waals surface area contributed by atoms with Crippen molar-refractivity contribution in [2.24, 2.45) is 62.1 Å². The Hall–Kier alpha value is -4.39. The molecule has 9 heterocycles. The lowest BCUT2D eigenvalue weighted by Gasteiger charge is -2.71. The van der Waals surface area contributed by atoms with Crippen LogP contribution in [0.15, 0.2) is 11.6 Å². The van der Waals surface area contributed by atoms with E-state index in [9.17, 15) is 152 Å². The molecule has 862 valence electrons. The number of esters is 3. The number of hydrogen-bond donors (Lipinski definition) is 26. The number of carboxylic acids is 1. The van der Waals surface area contributed by atoms with Crippen LogP contribution in [0.5, 0.6) is 0 Å². The molecule has 0 aromatic carbocycles. The number of carbonyl (C=O) groups excluding carboxylic acids is 4. The van der Waals surface area contributed by atoms with E-state index < -0.39 is 422 Å². The van der Waals surface area contributed by atoms with Crippen LogP contribution in [-0.2, 0) is 119 Å². The monoisotopic (exact) mass is 2160 g/mol. The van der Waals surface area contributed by atoms with Crippen LogP contribution in [0.2, 0.25) is 0 Å². The van der Waals surface area contributed by atoms with Gasteiger partial charge in [-0.1, -0.05) is 93.7 Å². The Morgan fingerprint density at radius 2 is 0.940 bits per heavy atom. The highest BCUT2D eigenvalue weighted by molar-refractivity contribution is 5.80. The fraction of sp³-hybridized carbons (Fsp3) is 0.929. The Morgan fingerprint density at radius 1 is 0.447 bits per heavy atom. The Labute approximate surface area is 865 Å². The Morgan fingerprint density at radius 3 is 1.51 bits per heavy atom. The van der Waals surface area contributed by atoms with Gasteiger partial charge in [-0.2, -0.15) is 0 Å². The van der Waals surface area contributed by atoms with Crippen molar-refractivity contribution in [1.29, 1.82) is 0 Å². The van der Waals surface area contributed by atoms with Crippen molar-refractivity contribution in [3.63, 3.8) is 0 Å². The van der Waals surface area contributed by atoms with Crippen LogP contribution >= 0.6 is 0 Å². The number of hydrogen-bond acceptors (Lipinski definition) is 50. The van der Waals surface area contributed by atoms with E-state index >= 15 is 4.79 Å². The minimum atomic E-state index is -2.28. The molecule has 0 radical (unpaired) electrons. The molecule has 0 aromatic rings. The molecular weight excluding hydrogens is 2010 g/mol. The van der Waals surface area contributed by atoms with Crippen molar-refractivity contribution >= 4 is 30.2 Å². The van der Waals surface area contributed by atoms with Crippen LogP contribution in [0, 0.1) is 62.1 Å². The molecule has 0 spiro atoms. The van der Waals surface area contributed by atoms with Crippen molar-refractivity contribution in [1.82, 2.24) is 0 Å². The van der Waals surface area contributed by atoms with Crippen molar-refractivity contribution in [3.05, 3.63) is 11.6 Å². The van der Waals surface area contributed by atoms with E-state index in [0.29, 0.717) is 32.1 Å². The highest BCUT2D eigenvalue weighted by atomic mass is 16.8. The van der Waals surface area contributed by atoms with Crippen molar-refractivity contribution in [2.45, 2.75) is 468 Å². The van der Waals surface area contributed by atoms with Crippen LogP contribution in [0.1, 0.15) is 179 Å². The SMILES string of the molecule is CC[C@H](C)[C@H](C[C@H](O)CC(=O)O[C@@H]1[C@H](O)[C@@H](OC[C@@H]2O[C@@H](C)[C@H](O[C@@H]3OC[C@@H](O)[C@H](O[C@@H]4OC[C@@H](O)[C@H](O)[C@H]4O)[C@H]3O)[C@@H](O[C@@H]3O[C@H](CO)[C@@H](O)[C@H](O)[C@H]3O)[C@H]2O)[C@H](OC(=O)[C@]23CCC(C)(C)C[C@H]2C2=CC[C@@H]4[C@@]5(C)CC[C@H](O[C@@H]6O[C@H](C(=O)O)[C@@H](O)[C@H](O[C@@H]7OC[C@@H](O)[C@H](O)[C@H]7O)[C@H]6O[C@@H]6O[C@H](CO)[C@H](O)[C@H](O)[C@H]6O)[C@@](C)(C=O)[C@@H]5CC[C@@]4(C)[C@]2(C)C[C@H]3O)O[C@@H]1C)OC(=O)C[C@@H](O)C[C@H](O[C@@H]1O[C@@H](CO)[C@H](O)[C@H]1O)[C@@H](C)CC. The molecular formula is C99H160O51. The second-order valence-electron chi connectivity index (χ2n) is 45.6. The molecule has 150 heavy (non-hydrogen) atoms. The largest absolute Gasteiger partial charge is 0.479 e. The maximum atomic E-state index is 16.6. The summed E-state index contributed by atoms with van der Waals surface area (Å²) < 4.78 is 122. The number of aldehydes is 1. The standard InChI is InChI=1S/C99H160O51/c1-13-37(3)48(137-58(110)25-42(105)24-49(38(4)14-2)138-88-70(122)64(116)52(31-102)139-88)23-41(104)26-59(111)143-76-39(5)136-91(82(73(76)125)131-35-53-65(117)79(147-89-71(123)66(118)62(114)50(29-100)140-89)77(40(6)135-53)144-87-75(127)78(47(108)34-134-87)145-85-68(120)60(112)45(106)32-132-85)150-93(130)99-22-21-94(7,8)27-44(99)43-15-16-55-95(9)19-18-57(96(10,36-103)54(95)17-20-97(55,11)98(43,12)28-56(99)109)142-92-83(149-90-72(124)67(119)63(115)51(30-101)141-90)80(74(126)81(148-92)84(128)129)146-86-69(121)61(113)46(107)33-133-86/h15,36-42,44-57,60-83,85-92,100-102,104-109,112-127H,13-14,16-35H2,1-12H3,(H,128,129)/t37-,38-,39+,40-,41-,42-,44-,45+,46+,47+,48-,49-,50+,51+,52-,53-,54+,55+,56+,57-,60-,61-,62+,63-,64-,65-,66-,67-,68+,69+,70+,71+,72+,73-,74-,75+,76-,77-,78-,79-,80-,81-,82+,83+,85-,86-,87-,88+,89-,90-,91-,92+,95-,96-,97+,98+,99+/m0/s1. The molecule has 13 fully saturated rings. The third-order valence-electron chi connectivity index (χ3n) is 35.6. The zero-order valence-corrected chi connectivity index (χ0v) is 86.1. The van der Waals surface area contributed by atoms with E-state index in [0.717, 1.165) is 11.9 Å². The lowest BCUT2D eigenvalue weighted by atomic mass is 9.33. The molecule has 4 saturated carbocycles. The topological polar surface area (TPSA) is 796 Å². The van der Waals surface area contributed by atoms with E-state index in [1.807, 2.05) is 27.7 Å².